The minimum absolute atomic E-state index is 0.0139. The Balaban J connectivity index is 2.09. The second-order valence-electron chi connectivity index (χ2n) is 5.18. The van der Waals surface area contributed by atoms with Gasteiger partial charge >= 0.3 is 0 Å². The van der Waals surface area contributed by atoms with E-state index in [1.165, 1.54) is 0 Å². The molecule has 2 aromatic rings. The molecule has 1 aromatic heterocycles. The van der Waals surface area contributed by atoms with Gasteiger partial charge in [-0.05, 0) is 55.5 Å². The molecule has 20 heavy (non-hydrogen) atoms. The van der Waals surface area contributed by atoms with Crippen molar-refractivity contribution in [2.45, 2.75) is 26.2 Å². The third-order valence-electron chi connectivity index (χ3n) is 3.57. The summed E-state index contributed by atoms with van der Waals surface area (Å²) in [5.74, 6) is 0.752. The summed E-state index contributed by atoms with van der Waals surface area (Å²) in [5.41, 5.74) is 3.51. The van der Waals surface area contributed by atoms with Crippen molar-refractivity contribution in [1.29, 1.82) is 0 Å². The van der Waals surface area contributed by atoms with Crippen molar-refractivity contribution in [2.24, 2.45) is 0 Å². The van der Waals surface area contributed by atoms with Crippen LogP contribution in [-0.4, -0.2) is 17.4 Å². The van der Waals surface area contributed by atoms with Gasteiger partial charge in [-0.25, -0.2) is 0 Å². The SMILES string of the molecule is Cc1cc2c(c(C(=O)c3cccnc3)c1)OCCCC2. The first-order valence-corrected chi connectivity index (χ1v) is 6.97. The van der Waals surface area contributed by atoms with Crippen molar-refractivity contribution < 1.29 is 9.53 Å². The summed E-state index contributed by atoms with van der Waals surface area (Å²) >= 11 is 0. The molecule has 0 atom stereocenters. The van der Waals surface area contributed by atoms with Crippen LogP contribution in [0.1, 0.15) is 39.9 Å². The number of benzene rings is 1. The topological polar surface area (TPSA) is 39.2 Å². The summed E-state index contributed by atoms with van der Waals surface area (Å²) < 4.78 is 5.84. The van der Waals surface area contributed by atoms with Crippen molar-refractivity contribution in [2.75, 3.05) is 6.61 Å². The van der Waals surface area contributed by atoms with Gasteiger partial charge in [-0.2, -0.15) is 0 Å². The molecule has 1 aliphatic rings. The highest BCUT2D eigenvalue weighted by atomic mass is 16.5. The molecule has 102 valence electrons. The number of ketones is 1. The van der Waals surface area contributed by atoms with Gasteiger partial charge in [0.05, 0.1) is 12.2 Å². The Morgan fingerprint density at radius 2 is 2.20 bits per heavy atom. The first kappa shape index (κ1) is 12.9. The number of aromatic nitrogens is 1. The molecule has 0 bridgehead atoms. The van der Waals surface area contributed by atoms with Crippen molar-refractivity contribution in [1.82, 2.24) is 4.98 Å². The molecule has 0 N–H and O–H groups in total. The zero-order valence-corrected chi connectivity index (χ0v) is 11.6. The number of pyridine rings is 1. The highest BCUT2D eigenvalue weighted by molar-refractivity contribution is 6.10. The standard InChI is InChI=1S/C17H17NO2/c1-12-9-13-5-2-3-8-20-17(13)15(10-12)16(19)14-6-4-7-18-11-14/h4,6-7,9-11H,2-3,5,8H2,1H3. The molecular formula is C17H17NO2. The lowest BCUT2D eigenvalue weighted by molar-refractivity contribution is 0.103. The number of carbonyl (C=O) groups is 1. The second kappa shape index (κ2) is 5.45. The van der Waals surface area contributed by atoms with Gasteiger partial charge in [0.15, 0.2) is 5.78 Å². The molecule has 3 nitrogen and oxygen atoms in total. The van der Waals surface area contributed by atoms with E-state index >= 15 is 0 Å². The molecule has 0 aliphatic carbocycles. The summed E-state index contributed by atoms with van der Waals surface area (Å²) in [7, 11) is 0. The minimum Gasteiger partial charge on any atom is -0.493 e. The van der Waals surface area contributed by atoms with Gasteiger partial charge in [0.2, 0.25) is 0 Å². The fraction of sp³-hybridized carbons (Fsp3) is 0.294. The van der Waals surface area contributed by atoms with Crippen LogP contribution in [0, 0.1) is 6.92 Å². The number of hydrogen-bond donors (Lipinski definition) is 0. The lowest BCUT2D eigenvalue weighted by Crippen LogP contribution is -2.07. The monoisotopic (exact) mass is 267 g/mol. The van der Waals surface area contributed by atoms with Crippen LogP contribution in [0.5, 0.6) is 5.75 Å². The molecule has 1 aromatic carbocycles. The number of ether oxygens (including phenoxy) is 1. The number of nitrogens with zero attached hydrogens (tertiary/aromatic N) is 1. The van der Waals surface area contributed by atoms with E-state index in [0.717, 1.165) is 36.1 Å². The van der Waals surface area contributed by atoms with Gasteiger partial charge in [0.1, 0.15) is 5.75 Å². The van der Waals surface area contributed by atoms with Gasteiger partial charge < -0.3 is 4.74 Å². The van der Waals surface area contributed by atoms with Crippen molar-refractivity contribution in [3.05, 3.63) is 58.9 Å². The summed E-state index contributed by atoms with van der Waals surface area (Å²) in [6.45, 7) is 2.70. The van der Waals surface area contributed by atoms with E-state index in [9.17, 15) is 4.79 Å². The fourth-order valence-corrected chi connectivity index (χ4v) is 2.62. The summed E-state index contributed by atoms with van der Waals surface area (Å²) in [6.07, 6.45) is 6.40. The Hall–Kier alpha value is -2.16. The van der Waals surface area contributed by atoms with E-state index in [1.807, 2.05) is 13.0 Å². The maximum Gasteiger partial charge on any atom is 0.198 e. The maximum atomic E-state index is 12.7. The van der Waals surface area contributed by atoms with Crippen LogP contribution in [0.4, 0.5) is 0 Å². The molecule has 0 spiro atoms. The number of aryl methyl sites for hydroxylation is 2. The molecular weight excluding hydrogens is 250 g/mol. The number of rotatable bonds is 2. The zero-order chi connectivity index (χ0) is 13.9. The highest BCUT2D eigenvalue weighted by Gasteiger charge is 2.20. The van der Waals surface area contributed by atoms with Crippen LogP contribution in [0.3, 0.4) is 0 Å². The van der Waals surface area contributed by atoms with Gasteiger partial charge in [-0.15, -0.1) is 0 Å². The largest absolute Gasteiger partial charge is 0.493 e. The third kappa shape index (κ3) is 2.44. The van der Waals surface area contributed by atoms with E-state index in [2.05, 4.69) is 11.1 Å². The predicted molar refractivity (Wildman–Crippen MR) is 77.3 cm³/mol. The molecule has 0 saturated heterocycles. The van der Waals surface area contributed by atoms with Crippen LogP contribution < -0.4 is 4.74 Å². The van der Waals surface area contributed by atoms with Gasteiger partial charge in [-0.3, -0.25) is 9.78 Å². The van der Waals surface area contributed by atoms with E-state index in [1.54, 1.807) is 24.5 Å². The maximum absolute atomic E-state index is 12.7. The highest BCUT2D eigenvalue weighted by Crippen LogP contribution is 2.31. The number of fused-ring (bicyclic) bond motifs is 1. The predicted octanol–water partition coefficient (Wildman–Crippen LogP) is 3.34. The first-order chi connectivity index (χ1) is 9.75. The van der Waals surface area contributed by atoms with E-state index in [0.29, 0.717) is 17.7 Å². The Morgan fingerprint density at radius 3 is 3.00 bits per heavy atom. The Labute approximate surface area is 118 Å². The first-order valence-electron chi connectivity index (χ1n) is 6.97. The van der Waals surface area contributed by atoms with Crippen LogP contribution in [0.15, 0.2) is 36.7 Å². The van der Waals surface area contributed by atoms with Crippen molar-refractivity contribution in [3.8, 4) is 5.75 Å². The third-order valence-corrected chi connectivity index (χ3v) is 3.57. The van der Waals surface area contributed by atoms with Crippen LogP contribution in [0.2, 0.25) is 0 Å². The van der Waals surface area contributed by atoms with Crippen LogP contribution in [0.25, 0.3) is 0 Å². The summed E-state index contributed by atoms with van der Waals surface area (Å²) in [4.78, 5) is 16.7. The quantitative estimate of drug-likeness (QED) is 0.783. The lowest BCUT2D eigenvalue weighted by Gasteiger charge is -2.13. The number of carbonyl (C=O) groups excluding carboxylic acids is 1. The molecule has 0 amide bonds. The zero-order valence-electron chi connectivity index (χ0n) is 11.6. The average molecular weight is 267 g/mol. The van der Waals surface area contributed by atoms with Crippen LogP contribution >= 0.6 is 0 Å². The van der Waals surface area contributed by atoms with Crippen LogP contribution in [-0.2, 0) is 6.42 Å². The van der Waals surface area contributed by atoms with E-state index < -0.39 is 0 Å². The van der Waals surface area contributed by atoms with Gasteiger partial charge in [-0.1, -0.05) is 6.07 Å². The lowest BCUT2D eigenvalue weighted by atomic mass is 9.96. The van der Waals surface area contributed by atoms with Crippen molar-refractivity contribution >= 4 is 5.78 Å². The summed E-state index contributed by atoms with van der Waals surface area (Å²) in [6, 6.07) is 7.61. The summed E-state index contributed by atoms with van der Waals surface area (Å²) in [5, 5.41) is 0. The molecule has 3 heteroatoms. The Bertz CT molecular complexity index is 635. The number of hydrogen-bond acceptors (Lipinski definition) is 3. The van der Waals surface area contributed by atoms with E-state index in [-0.39, 0.29) is 5.78 Å². The molecule has 0 radical (unpaired) electrons. The second-order valence-corrected chi connectivity index (χ2v) is 5.18. The van der Waals surface area contributed by atoms with Gasteiger partial charge in [0.25, 0.3) is 0 Å². The normalized spacial score (nSPS) is 14.1. The molecule has 0 fully saturated rings. The van der Waals surface area contributed by atoms with E-state index in [4.69, 9.17) is 4.74 Å². The molecule has 2 heterocycles. The fourth-order valence-electron chi connectivity index (χ4n) is 2.62. The smallest absolute Gasteiger partial charge is 0.198 e. The Kier molecular flexibility index (Phi) is 3.50. The van der Waals surface area contributed by atoms with Gasteiger partial charge in [0, 0.05) is 18.0 Å². The minimum atomic E-state index is -0.0139. The molecule has 0 unspecified atom stereocenters. The molecule has 0 saturated carbocycles. The molecule has 3 rings (SSSR count). The molecule has 1 aliphatic heterocycles. The average Bonchev–Trinajstić information content (AvgIpc) is 2.71. The van der Waals surface area contributed by atoms with Crippen molar-refractivity contribution in [3.63, 3.8) is 0 Å². The Morgan fingerprint density at radius 1 is 1.30 bits per heavy atom.